The fraction of sp³-hybridized carbons (Fsp3) is 1.00. The number of hydrogen-bond donors (Lipinski definition) is 0. The van der Waals surface area contributed by atoms with Crippen LogP contribution in [-0.2, 0) is 42.6 Å². The lowest BCUT2D eigenvalue weighted by atomic mass is 10.1. The highest BCUT2D eigenvalue weighted by Gasteiger charge is 1.96. The summed E-state index contributed by atoms with van der Waals surface area (Å²) in [5, 5.41) is 0. The second-order valence-electron chi connectivity index (χ2n) is 9.69. The van der Waals surface area contributed by atoms with Gasteiger partial charge in [0.25, 0.3) is 0 Å². The molecule has 9 heteroatoms. The molecule has 0 radical (unpaired) electrons. The average Bonchev–Trinajstić information content (AvgIpc) is 2.97. The lowest BCUT2D eigenvalue weighted by Gasteiger charge is -2.09. The number of ether oxygens (including phenoxy) is 9. The van der Waals surface area contributed by atoms with Gasteiger partial charge in [0.1, 0.15) is 0 Å². The molecular weight excluding hydrogens is 516 g/mol. The molecule has 9 nitrogen and oxygen atoms in total. The van der Waals surface area contributed by atoms with Crippen LogP contribution in [0.15, 0.2) is 0 Å². The molecule has 242 valence electrons. The van der Waals surface area contributed by atoms with E-state index in [2.05, 4.69) is 13.8 Å². The van der Waals surface area contributed by atoms with Gasteiger partial charge in [-0.15, -0.1) is 0 Å². The molecule has 0 N–H and O–H groups in total. The molecule has 0 bridgehead atoms. The zero-order valence-electron chi connectivity index (χ0n) is 26.2. The highest BCUT2D eigenvalue weighted by atomic mass is 16.6. The summed E-state index contributed by atoms with van der Waals surface area (Å²) in [4.78, 5) is 0. The molecule has 0 aromatic rings. The van der Waals surface area contributed by atoms with E-state index >= 15 is 0 Å². The summed E-state index contributed by atoms with van der Waals surface area (Å²) in [6, 6.07) is 0. The predicted molar refractivity (Wildman–Crippen MR) is 160 cm³/mol. The Bertz CT molecular complexity index is 392. The first-order valence-corrected chi connectivity index (χ1v) is 16.1. The van der Waals surface area contributed by atoms with Crippen molar-refractivity contribution in [2.75, 3.05) is 119 Å². The molecule has 0 unspecified atom stereocenters. The Morgan fingerprint density at radius 1 is 0.200 bits per heavy atom. The molecule has 0 heterocycles. The molecule has 0 saturated heterocycles. The van der Waals surface area contributed by atoms with Crippen LogP contribution < -0.4 is 0 Å². The van der Waals surface area contributed by atoms with Crippen LogP contribution in [0.2, 0.25) is 0 Å². The molecule has 0 aromatic heterocycles. The largest absolute Gasteiger partial charge is 0.379 e. The number of hydrogen-bond acceptors (Lipinski definition) is 9. The first kappa shape index (κ1) is 39.6. The minimum absolute atomic E-state index is 0.543. The Labute approximate surface area is 246 Å². The Balaban J connectivity index is 3.01. The van der Waals surface area contributed by atoms with E-state index in [4.69, 9.17) is 42.6 Å². The highest BCUT2D eigenvalue weighted by Crippen LogP contribution is 2.08. The lowest BCUT2D eigenvalue weighted by molar-refractivity contribution is -0.0250. The molecule has 0 rings (SSSR count). The van der Waals surface area contributed by atoms with Gasteiger partial charge in [0.05, 0.1) is 106 Å². The van der Waals surface area contributed by atoms with E-state index < -0.39 is 0 Å². The molecule has 0 saturated carbocycles. The van der Waals surface area contributed by atoms with Gasteiger partial charge in [-0.1, -0.05) is 71.6 Å². The van der Waals surface area contributed by atoms with Crippen LogP contribution in [0, 0.1) is 0 Å². The summed E-state index contributed by atoms with van der Waals surface area (Å²) in [6.45, 7) is 15.3. The van der Waals surface area contributed by atoms with Crippen molar-refractivity contribution in [2.45, 2.75) is 84.5 Å². The van der Waals surface area contributed by atoms with Crippen LogP contribution in [0.25, 0.3) is 0 Å². The van der Waals surface area contributed by atoms with Crippen molar-refractivity contribution in [3.05, 3.63) is 0 Å². The van der Waals surface area contributed by atoms with Crippen LogP contribution in [0.5, 0.6) is 0 Å². The quantitative estimate of drug-likeness (QED) is 0.0889. The van der Waals surface area contributed by atoms with Crippen molar-refractivity contribution in [1.29, 1.82) is 0 Å². The van der Waals surface area contributed by atoms with Gasteiger partial charge < -0.3 is 42.6 Å². The molecule has 0 aliphatic heterocycles. The smallest absolute Gasteiger partial charge is 0.0701 e. The first-order chi connectivity index (χ1) is 19.9. The Hall–Kier alpha value is -0.360. The molecular formula is C31H64O9. The van der Waals surface area contributed by atoms with Gasteiger partial charge in [-0.05, 0) is 12.8 Å². The van der Waals surface area contributed by atoms with Crippen molar-refractivity contribution in [2.24, 2.45) is 0 Å². The van der Waals surface area contributed by atoms with Crippen molar-refractivity contribution >= 4 is 0 Å². The van der Waals surface area contributed by atoms with Crippen molar-refractivity contribution in [1.82, 2.24) is 0 Å². The van der Waals surface area contributed by atoms with E-state index in [1.165, 1.54) is 57.8 Å². The molecule has 0 aromatic carbocycles. The van der Waals surface area contributed by atoms with E-state index in [1.54, 1.807) is 0 Å². The summed E-state index contributed by atoms with van der Waals surface area (Å²) < 4.78 is 49.5. The van der Waals surface area contributed by atoms with E-state index in [-0.39, 0.29) is 0 Å². The van der Waals surface area contributed by atoms with Crippen LogP contribution in [-0.4, -0.2) is 119 Å². The zero-order chi connectivity index (χ0) is 28.9. The van der Waals surface area contributed by atoms with Gasteiger partial charge in [0.2, 0.25) is 0 Å². The maximum absolute atomic E-state index is 5.62. The van der Waals surface area contributed by atoms with E-state index in [1.807, 2.05) is 0 Å². The van der Waals surface area contributed by atoms with E-state index in [9.17, 15) is 0 Å². The van der Waals surface area contributed by atoms with Crippen LogP contribution in [0.3, 0.4) is 0 Å². The van der Waals surface area contributed by atoms with Gasteiger partial charge in [-0.3, -0.25) is 0 Å². The molecule has 0 amide bonds. The first-order valence-electron chi connectivity index (χ1n) is 16.1. The van der Waals surface area contributed by atoms with Gasteiger partial charge >= 0.3 is 0 Å². The third-order valence-corrected chi connectivity index (χ3v) is 6.01. The van der Waals surface area contributed by atoms with Gasteiger partial charge in [-0.2, -0.15) is 0 Å². The lowest BCUT2D eigenvalue weighted by Crippen LogP contribution is -2.15. The summed E-state index contributed by atoms with van der Waals surface area (Å²) in [7, 11) is 0. The summed E-state index contributed by atoms with van der Waals surface area (Å²) in [5.74, 6) is 0. The van der Waals surface area contributed by atoms with Crippen molar-refractivity contribution < 1.29 is 42.6 Å². The van der Waals surface area contributed by atoms with E-state index in [0.717, 1.165) is 26.1 Å². The van der Waals surface area contributed by atoms with Gasteiger partial charge in [0.15, 0.2) is 0 Å². The maximum atomic E-state index is 5.62. The second-order valence-corrected chi connectivity index (χ2v) is 9.69. The number of unbranched alkanes of at least 4 members (excludes halogenated alkanes) is 9. The third-order valence-electron chi connectivity index (χ3n) is 6.01. The molecule has 0 atom stereocenters. The number of rotatable bonds is 37. The maximum Gasteiger partial charge on any atom is 0.0701 e. The minimum Gasteiger partial charge on any atom is -0.379 e. The minimum atomic E-state index is 0.543. The summed E-state index contributed by atoms with van der Waals surface area (Å²) in [5.41, 5.74) is 0. The van der Waals surface area contributed by atoms with Gasteiger partial charge in [-0.25, -0.2) is 0 Å². The monoisotopic (exact) mass is 580 g/mol. The molecule has 0 aliphatic carbocycles. The van der Waals surface area contributed by atoms with Crippen molar-refractivity contribution in [3.63, 3.8) is 0 Å². The summed E-state index contributed by atoms with van der Waals surface area (Å²) >= 11 is 0. The molecule has 0 fully saturated rings. The van der Waals surface area contributed by atoms with Crippen LogP contribution >= 0.6 is 0 Å². The Morgan fingerprint density at radius 2 is 0.375 bits per heavy atom. The fourth-order valence-electron chi connectivity index (χ4n) is 3.65. The average molecular weight is 581 g/mol. The van der Waals surface area contributed by atoms with E-state index in [0.29, 0.717) is 106 Å². The van der Waals surface area contributed by atoms with Gasteiger partial charge in [0, 0.05) is 13.2 Å². The molecule has 0 spiro atoms. The predicted octanol–water partition coefficient (Wildman–Crippen LogP) is 5.47. The Morgan fingerprint density at radius 3 is 0.650 bits per heavy atom. The van der Waals surface area contributed by atoms with Crippen LogP contribution in [0.1, 0.15) is 84.5 Å². The molecule has 0 aliphatic rings. The second kappa shape index (κ2) is 38.6. The normalized spacial score (nSPS) is 11.6. The zero-order valence-corrected chi connectivity index (χ0v) is 26.2. The fourth-order valence-corrected chi connectivity index (χ4v) is 3.65. The SMILES string of the molecule is CCCCCCCCCCOCCOCCOCCOCCOCCOCCOCCOCCOCCCCC. The van der Waals surface area contributed by atoms with Crippen molar-refractivity contribution in [3.8, 4) is 0 Å². The third kappa shape index (κ3) is 37.6. The topological polar surface area (TPSA) is 83.1 Å². The summed E-state index contributed by atoms with van der Waals surface area (Å²) in [6.07, 6.45) is 14.1. The highest BCUT2D eigenvalue weighted by molar-refractivity contribution is 4.46. The Kier molecular flexibility index (Phi) is 38.3. The molecule has 40 heavy (non-hydrogen) atoms. The van der Waals surface area contributed by atoms with Crippen LogP contribution in [0.4, 0.5) is 0 Å². The standard InChI is InChI=1S/C31H64O9/c1-3-5-7-8-9-10-11-13-15-33-17-19-35-21-23-37-25-27-39-29-31-40-30-28-38-26-24-36-22-20-34-18-16-32-14-12-6-4-2/h3-31H2,1-2H3.